The van der Waals surface area contributed by atoms with E-state index in [1.807, 2.05) is 56.3 Å². The minimum Gasteiger partial charge on any atom is -0.466 e. The summed E-state index contributed by atoms with van der Waals surface area (Å²) >= 11 is 3.49. The smallest absolute Gasteiger partial charge is 0.335 e. The molecule has 0 unspecified atom stereocenters. The third kappa shape index (κ3) is 5.47. The molecule has 0 radical (unpaired) electrons. The maximum atomic E-state index is 13.7. The number of carbonyl (C=O) groups excluding carboxylic acids is 1. The second-order valence-corrected chi connectivity index (χ2v) is 10.1. The Bertz CT molecular complexity index is 1240. The molecule has 0 saturated heterocycles. The molecule has 0 aliphatic rings. The lowest BCUT2D eigenvalue weighted by Crippen LogP contribution is -2.35. The largest absolute Gasteiger partial charge is 0.466 e. The molecule has 166 valence electrons. The van der Waals surface area contributed by atoms with Crippen LogP contribution in [0.2, 0.25) is 0 Å². The number of esters is 1. The number of nitrogens with zero attached hydrogens (tertiary/aromatic N) is 1. The van der Waals surface area contributed by atoms with Crippen LogP contribution in [0.4, 0.5) is 5.69 Å². The molecule has 32 heavy (non-hydrogen) atoms. The SMILES string of the molecule is COC(=O)/C(=C\c1ccccc1)CN(c1ccc(C)cc1Br)S(=O)(=O)c1ccc(C)cc1. The Balaban J connectivity index is 2.16. The fourth-order valence-corrected chi connectivity index (χ4v) is 5.44. The van der Waals surface area contributed by atoms with Crippen LogP contribution in [0.3, 0.4) is 0 Å². The molecule has 0 atom stereocenters. The molecular weight excluding hydrogens is 490 g/mol. The third-order valence-electron chi connectivity index (χ3n) is 4.88. The summed E-state index contributed by atoms with van der Waals surface area (Å²) < 4.78 is 34.2. The quantitative estimate of drug-likeness (QED) is 0.308. The third-order valence-corrected chi connectivity index (χ3v) is 7.29. The summed E-state index contributed by atoms with van der Waals surface area (Å²) in [6, 6.07) is 21.3. The van der Waals surface area contributed by atoms with E-state index in [0.717, 1.165) is 16.7 Å². The van der Waals surface area contributed by atoms with Crippen molar-refractivity contribution in [3.05, 3.63) is 99.5 Å². The monoisotopic (exact) mass is 513 g/mol. The highest BCUT2D eigenvalue weighted by atomic mass is 79.9. The van der Waals surface area contributed by atoms with Gasteiger partial charge >= 0.3 is 5.97 Å². The molecule has 7 heteroatoms. The fraction of sp³-hybridized carbons (Fsp3) is 0.160. The molecular formula is C25H24BrNO4S. The van der Waals surface area contributed by atoms with E-state index < -0.39 is 16.0 Å². The Hall–Kier alpha value is -2.90. The number of hydrogen-bond acceptors (Lipinski definition) is 4. The van der Waals surface area contributed by atoms with E-state index in [-0.39, 0.29) is 17.0 Å². The topological polar surface area (TPSA) is 63.7 Å². The van der Waals surface area contributed by atoms with Crippen molar-refractivity contribution < 1.29 is 17.9 Å². The maximum absolute atomic E-state index is 13.7. The molecule has 0 amide bonds. The molecule has 3 aromatic rings. The molecule has 0 saturated carbocycles. The fourth-order valence-electron chi connectivity index (χ4n) is 3.16. The molecule has 3 aromatic carbocycles. The highest BCUT2D eigenvalue weighted by Gasteiger charge is 2.29. The van der Waals surface area contributed by atoms with Crippen LogP contribution in [0.15, 0.2) is 87.7 Å². The number of aryl methyl sites for hydroxylation is 2. The number of methoxy groups -OCH3 is 1. The van der Waals surface area contributed by atoms with E-state index in [4.69, 9.17) is 4.74 Å². The van der Waals surface area contributed by atoms with Crippen LogP contribution in [-0.2, 0) is 19.6 Å². The van der Waals surface area contributed by atoms with Gasteiger partial charge in [0.15, 0.2) is 0 Å². The van der Waals surface area contributed by atoms with Crippen molar-refractivity contribution in [3.63, 3.8) is 0 Å². The zero-order valence-electron chi connectivity index (χ0n) is 18.1. The van der Waals surface area contributed by atoms with E-state index in [9.17, 15) is 13.2 Å². The first-order valence-corrected chi connectivity index (χ1v) is 12.1. The number of halogens is 1. The van der Waals surface area contributed by atoms with Gasteiger partial charge in [-0.3, -0.25) is 4.31 Å². The van der Waals surface area contributed by atoms with E-state index in [2.05, 4.69) is 15.9 Å². The van der Waals surface area contributed by atoms with Gasteiger partial charge in [0.1, 0.15) is 0 Å². The lowest BCUT2D eigenvalue weighted by Gasteiger charge is -2.26. The first-order chi connectivity index (χ1) is 15.2. The van der Waals surface area contributed by atoms with Crippen molar-refractivity contribution in [2.24, 2.45) is 0 Å². The highest BCUT2D eigenvalue weighted by molar-refractivity contribution is 9.10. The number of hydrogen-bond donors (Lipinski definition) is 0. The first kappa shape index (κ1) is 23.8. The van der Waals surface area contributed by atoms with Crippen molar-refractivity contribution in [2.45, 2.75) is 18.7 Å². The van der Waals surface area contributed by atoms with Gasteiger partial charge in [0, 0.05) is 4.47 Å². The predicted octanol–water partition coefficient (Wildman–Crippen LogP) is 5.52. The van der Waals surface area contributed by atoms with Crippen molar-refractivity contribution in [2.75, 3.05) is 18.0 Å². The first-order valence-electron chi connectivity index (χ1n) is 9.92. The summed E-state index contributed by atoms with van der Waals surface area (Å²) in [6.07, 6.45) is 1.64. The van der Waals surface area contributed by atoms with Crippen LogP contribution in [-0.4, -0.2) is 28.0 Å². The van der Waals surface area contributed by atoms with Crippen LogP contribution in [0.25, 0.3) is 6.08 Å². The van der Waals surface area contributed by atoms with E-state index in [1.54, 1.807) is 36.4 Å². The Labute approximate surface area is 197 Å². The normalized spacial score (nSPS) is 11.8. The number of rotatable bonds is 7. The van der Waals surface area contributed by atoms with Gasteiger partial charge < -0.3 is 4.74 Å². The van der Waals surface area contributed by atoms with E-state index in [1.165, 1.54) is 11.4 Å². The van der Waals surface area contributed by atoms with Crippen LogP contribution >= 0.6 is 15.9 Å². The molecule has 3 rings (SSSR count). The van der Waals surface area contributed by atoms with Gasteiger partial charge in [-0.2, -0.15) is 0 Å². The summed E-state index contributed by atoms with van der Waals surface area (Å²) in [5.74, 6) is -0.596. The number of benzene rings is 3. The zero-order valence-corrected chi connectivity index (χ0v) is 20.5. The standard InChI is InChI=1S/C25H24BrNO4S/c1-18-9-12-22(13-10-18)32(29,30)27(24-14-11-19(2)15-23(24)26)17-21(25(28)31-3)16-20-7-5-4-6-8-20/h4-16H,17H2,1-3H3/b21-16-. The van der Waals surface area contributed by atoms with Gasteiger partial charge in [0.25, 0.3) is 10.0 Å². The van der Waals surface area contributed by atoms with Gasteiger partial charge in [0.05, 0.1) is 29.8 Å². The average molecular weight is 514 g/mol. The second-order valence-electron chi connectivity index (χ2n) is 7.35. The molecule has 5 nitrogen and oxygen atoms in total. The highest BCUT2D eigenvalue weighted by Crippen LogP contribution is 2.33. The minimum absolute atomic E-state index is 0.138. The number of anilines is 1. The zero-order chi connectivity index (χ0) is 23.3. The molecule has 0 fully saturated rings. The van der Waals surface area contributed by atoms with Crippen molar-refractivity contribution in [1.29, 1.82) is 0 Å². The van der Waals surface area contributed by atoms with E-state index in [0.29, 0.717) is 10.2 Å². The summed E-state index contributed by atoms with van der Waals surface area (Å²) in [5.41, 5.74) is 3.33. The lowest BCUT2D eigenvalue weighted by molar-refractivity contribution is -0.136. The second kappa shape index (κ2) is 10.1. The van der Waals surface area contributed by atoms with Crippen LogP contribution in [0, 0.1) is 13.8 Å². The number of ether oxygens (including phenoxy) is 1. The Kier molecular flexibility index (Phi) is 7.53. The predicted molar refractivity (Wildman–Crippen MR) is 131 cm³/mol. The van der Waals surface area contributed by atoms with Crippen molar-refractivity contribution in [1.82, 2.24) is 0 Å². The lowest BCUT2D eigenvalue weighted by atomic mass is 10.1. The van der Waals surface area contributed by atoms with Gasteiger partial charge in [-0.15, -0.1) is 0 Å². The van der Waals surface area contributed by atoms with E-state index >= 15 is 0 Å². The van der Waals surface area contributed by atoms with Crippen molar-refractivity contribution >= 4 is 43.7 Å². The number of carbonyl (C=O) groups is 1. The molecule has 0 bridgehead atoms. The Morgan fingerprint density at radius 3 is 2.19 bits per heavy atom. The molecule has 0 spiro atoms. The molecule has 0 aromatic heterocycles. The van der Waals surface area contributed by atoms with Crippen molar-refractivity contribution in [3.8, 4) is 0 Å². The van der Waals surface area contributed by atoms with Crippen LogP contribution in [0.5, 0.6) is 0 Å². The summed E-state index contributed by atoms with van der Waals surface area (Å²) in [7, 11) is -2.70. The van der Waals surface area contributed by atoms with Gasteiger partial charge in [-0.25, -0.2) is 13.2 Å². The van der Waals surface area contributed by atoms with Gasteiger partial charge in [-0.1, -0.05) is 54.1 Å². The van der Waals surface area contributed by atoms with Crippen LogP contribution in [0.1, 0.15) is 16.7 Å². The van der Waals surface area contributed by atoms with Gasteiger partial charge in [-0.05, 0) is 71.2 Å². The number of sulfonamides is 1. The average Bonchev–Trinajstić information content (AvgIpc) is 2.77. The van der Waals surface area contributed by atoms with Gasteiger partial charge in [0.2, 0.25) is 0 Å². The molecule has 0 N–H and O–H groups in total. The Morgan fingerprint density at radius 2 is 1.59 bits per heavy atom. The maximum Gasteiger partial charge on any atom is 0.335 e. The van der Waals surface area contributed by atoms with Crippen LogP contribution < -0.4 is 4.31 Å². The summed E-state index contributed by atoms with van der Waals surface area (Å²) in [6.45, 7) is 3.62. The summed E-state index contributed by atoms with van der Waals surface area (Å²) in [4.78, 5) is 12.7. The molecule has 0 aliphatic heterocycles. The Morgan fingerprint density at radius 1 is 0.969 bits per heavy atom. The molecule has 0 heterocycles. The molecule has 0 aliphatic carbocycles. The summed E-state index contributed by atoms with van der Waals surface area (Å²) in [5, 5.41) is 0. The minimum atomic E-state index is -3.98.